The Labute approximate surface area is 147 Å². The van der Waals surface area contributed by atoms with Crippen LogP contribution in [0, 0.1) is 0 Å². The third-order valence-electron chi connectivity index (χ3n) is 4.23. The molecular formula is C20H23N3O2. The monoisotopic (exact) mass is 337 g/mol. The van der Waals surface area contributed by atoms with Crippen molar-refractivity contribution >= 4 is 17.5 Å². The van der Waals surface area contributed by atoms with E-state index in [1.165, 1.54) is 11.1 Å². The summed E-state index contributed by atoms with van der Waals surface area (Å²) in [6.07, 6.45) is 0.677. The summed E-state index contributed by atoms with van der Waals surface area (Å²) in [5.74, 6) is -0.174. The van der Waals surface area contributed by atoms with Gasteiger partial charge in [-0.05, 0) is 55.7 Å². The lowest BCUT2D eigenvalue weighted by Crippen LogP contribution is -2.44. The highest BCUT2D eigenvalue weighted by molar-refractivity contribution is 5.97. The second-order valence-corrected chi connectivity index (χ2v) is 6.60. The highest BCUT2D eigenvalue weighted by Gasteiger charge is 2.23. The van der Waals surface area contributed by atoms with Gasteiger partial charge < -0.3 is 16.0 Å². The molecule has 3 N–H and O–H groups in total. The Morgan fingerprint density at radius 3 is 2.40 bits per heavy atom. The van der Waals surface area contributed by atoms with Crippen LogP contribution in [-0.4, -0.2) is 23.9 Å². The van der Waals surface area contributed by atoms with Gasteiger partial charge in [-0.3, -0.25) is 9.59 Å². The summed E-state index contributed by atoms with van der Waals surface area (Å²) in [7, 11) is 0. The van der Waals surface area contributed by atoms with Crippen LogP contribution in [0.3, 0.4) is 0 Å². The third kappa shape index (κ3) is 4.25. The van der Waals surface area contributed by atoms with E-state index in [2.05, 4.69) is 28.1 Å². The quantitative estimate of drug-likeness (QED) is 0.803. The second kappa shape index (κ2) is 7.49. The predicted octanol–water partition coefficient (Wildman–Crippen LogP) is 2.48. The van der Waals surface area contributed by atoms with Crippen molar-refractivity contribution in [2.75, 3.05) is 5.32 Å². The van der Waals surface area contributed by atoms with Crippen LogP contribution in [0.2, 0.25) is 0 Å². The fourth-order valence-electron chi connectivity index (χ4n) is 2.92. The van der Waals surface area contributed by atoms with E-state index in [9.17, 15) is 9.59 Å². The Balaban J connectivity index is 1.61. The van der Waals surface area contributed by atoms with Gasteiger partial charge in [0, 0.05) is 23.8 Å². The SMILES string of the molecule is CC(C)NC(=O)c1ccc(NC(=O)C2Cc3ccccc3CN2)cc1. The van der Waals surface area contributed by atoms with Gasteiger partial charge in [-0.15, -0.1) is 0 Å². The normalized spacial score (nSPS) is 16.2. The summed E-state index contributed by atoms with van der Waals surface area (Å²) in [5, 5.41) is 9.03. The molecule has 1 atom stereocenters. The number of carbonyl (C=O) groups excluding carboxylic acids is 2. The van der Waals surface area contributed by atoms with Gasteiger partial charge in [-0.1, -0.05) is 24.3 Å². The first-order valence-electron chi connectivity index (χ1n) is 8.55. The van der Waals surface area contributed by atoms with Crippen LogP contribution >= 0.6 is 0 Å². The molecule has 0 spiro atoms. The number of carbonyl (C=O) groups is 2. The topological polar surface area (TPSA) is 70.2 Å². The number of amides is 2. The van der Waals surface area contributed by atoms with Gasteiger partial charge in [0.05, 0.1) is 6.04 Å². The molecular weight excluding hydrogens is 314 g/mol. The largest absolute Gasteiger partial charge is 0.350 e. The fourth-order valence-corrected chi connectivity index (χ4v) is 2.92. The van der Waals surface area contributed by atoms with Crippen LogP contribution < -0.4 is 16.0 Å². The summed E-state index contributed by atoms with van der Waals surface area (Å²) in [4.78, 5) is 24.4. The van der Waals surface area contributed by atoms with Crippen LogP contribution in [0.25, 0.3) is 0 Å². The van der Waals surface area contributed by atoms with Crippen LogP contribution in [0.4, 0.5) is 5.69 Å². The van der Waals surface area contributed by atoms with Gasteiger partial charge in [0.15, 0.2) is 0 Å². The number of hydrogen-bond donors (Lipinski definition) is 3. The molecule has 0 saturated carbocycles. The van der Waals surface area contributed by atoms with Crippen molar-refractivity contribution in [3.8, 4) is 0 Å². The highest BCUT2D eigenvalue weighted by atomic mass is 16.2. The molecule has 0 aromatic heterocycles. The maximum absolute atomic E-state index is 12.5. The highest BCUT2D eigenvalue weighted by Crippen LogP contribution is 2.17. The molecule has 2 aromatic rings. The van der Waals surface area contributed by atoms with E-state index in [4.69, 9.17) is 0 Å². The smallest absolute Gasteiger partial charge is 0.251 e. The molecule has 5 heteroatoms. The van der Waals surface area contributed by atoms with Gasteiger partial charge >= 0.3 is 0 Å². The minimum atomic E-state index is -0.251. The first-order chi connectivity index (χ1) is 12.0. The number of fused-ring (bicyclic) bond motifs is 1. The average molecular weight is 337 g/mol. The summed E-state index contributed by atoms with van der Waals surface area (Å²) in [6, 6.07) is 14.9. The second-order valence-electron chi connectivity index (χ2n) is 6.60. The third-order valence-corrected chi connectivity index (χ3v) is 4.23. The molecule has 0 saturated heterocycles. The molecule has 130 valence electrons. The maximum atomic E-state index is 12.5. The van der Waals surface area contributed by atoms with Crippen molar-refractivity contribution in [1.29, 1.82) is 0 Å². The van der Waals surface area contributed by atoms with E-state index in [0.717, 1.165) is 0 Å². The van der Waals surface area contributed by atoms with Gasteiger partial charge in [0.1, 0.15) is 0 Å². The molecule has 1 aliphatic rings. The Bertz CT molecular complexity index is 769. The number of rotatable bonds is 4. The maximum Gasteiger partial charge on any atom is 0.251 e. The van der Waals surface area contributed by atoms with E-state index in [1.807, 2.05) is 26.0 Å². The molecule has 0 bridgehead atoms. The van der Waals surface area contributed by atoms with Gasteiger partial charge in [0.2, 0.25) is 5.91 Å². The van der Waals surface area contributed by atoms with Crippen molar-refractivity contribution in [3.05, 3.63) is 65.2 Å². The van der Waals surface area contributed by atoms with E-state index in [1.54, 1.807) is 24.3 Å². The van der Waals surface area contributed by atoms with E-state index < -0.39 is 0 Å². The summed E-state index contributed by atoms with van der Waals surface area (Å²) in [5.41, 5.74) is 3.72. The summed E-state index contributed by atoms with van der Waals surface area (Å²) < 4.78 is 0. The molecule has 25 heavy (non-hydrogen) atoms. The van der Waals surface area contributed by atoms with Crippen LogP contribution in [0.15, 0.2) is 48.5 Å². The zero-order valence-electron chi connectivity index (χ0n) is 14.5. The van der Waals surface area contributed by atoms with E-state index in [0.29, 0.717) is 24.2 Å². The summed E-state index contributed by atoms with van der Waals surface area (Å²) in [6.45, 7) is 4.53. The zero-order chi connectivity index (χ0) is 17.8. The average Bonchev–Trinajstić information content (AvgIpc) is 2.61. The Morgan fingerprint density at radius 1 is 1.04 bits per heavy atom. The number of nitrogens with one attached hydrogen (secondary N) is 3. The van der Waals surface area contributed by atoms with Crippen molar-refractivity contribution in [2.24, 2.45) is 0 Å². The van der Waals surface area contributed by atoms with Crippen LogP contribution in [0.1, 0.15) is 35.3 Å². The number of benzene rings is 2. The standard InChI is InChI=1S/C20H23N3O2/c1-13(2)22-19(24)14-7-9-17(10-8-14)23-20(25)18-11-15-5-3-4-6-16(15)12-21-18/h3-10,13,18,21H,11-12H2,1-2H3,(H,22,24)(H,23,25). The lowest BCUT2D eigenvalue weighted by atomic mass is 9.95. The van der Waals surface area contributed by atoms with Crippen molar-refractivity contribution in [1.82, 2.24) is 10.6 Å². The molecule has 0 aliphatic carbocycles. The Kier molecular flexibility index (Phi) is 5.14. The van der Waals surface area contributed by atoms with Crippen LogP contribution in [0.5, 0.6) is 0 Å². The minimum absolute atomic E-state index is 0.0612. The lowest BCUT2D eigenvalue weighted by Gasteiger charge is -2.25. The van der Waals surface area contributed by atoms with Gasteiger partial charge in [0.25, 0.3) is 5.91 Å². The first kappa shape index (κ1) is 17.2. The Hall–Kier alpha value is -2.66. The van der Waals surface area contributed by atoms with E-state index >= 15 is 0 Å². The van der Waals surface area contributed by atoms with Crippen molar-refractivity contribution in [2.45, 2.75) is 38.9 Å². The molecule has 2 aromatic carbocycles. The van der Waals surface area contributed by atoms with Crippen molar-refractivity contribution in [3.63, 3.8) is 0 Å². The summed E-state index contributed by atoms with van der Waals surface area (Å²) >= 11 is 0. The van der Waals surface area contributed by atoms with Crippen LogP contribution in [-0.2, 0) is 17.8 Å². The molecule has 1 aliphatic heterocycles. The molecule has 0 radical (unpaired) electrons. The molecule has 0 fully saturated rings. The first-order valence-corrected chi connectivity index (χ1v) is 8.55. The molecule has 3 rings (SSSR count). The fraction of sp³-hybridized carbons (Fsp3) is 0.300. The number of hydrogen-bond acceptors (Lipinski definition) is 3. The van der Waals surface area contributed by atoms with Gasteiger partial charge in [-0.2, -0.15) is 0 Å². The zero-order valence-corrected chi connectivity index (χ0v) is 14.5. The predicted molar refractivity (Wildman–Crippen MR) is 98.4 cm³/mol. The molecule has 1 heterocycles. The molecule has 5 nitrogen and oxygen atoms in total. The molecule has 1 unspecified atom stereocenters. The van der Waals surface area contributed by atoms with Gasteiger partial charge in [-0.25, -0.2) is 0 Å². The van der Waals surface area contributed by atoms with Crippen molar-refractivity contribution < 1.29 is 9.59 Å². The van der Waals surface area contributed by atoms with E-state index in [-0.39, 0.29) is 23.9 Å². The lowest BCUT2D eigenvalue weighted by molar-refractivity contribution is -0.118. The Morgan fingerprint density at radius 2 is 1.72 bits per heavy atom. The minimum Gasteiger partial charge on any atom is -0.350 e. The molecule has 2 amide bonds. The number of anilines is 1.